The number of benzene rings is 1. The molecule has 1 saturated heterocycles. The molecule has 3 N–H and O–H groups in total. The van der Waals surface area contributed by atoms with Crippen LogP contribution in [0.3, 0.4) is 0 Å². The van der Waals surface area contributed by atoms with E-state index in [2.05, 4.69) is 20.3 Å². The van der Waals surface area contributed by atoms with Crippen LogP contribution >= 0.6 is 0 Å². The molecule has 12 heteroatoms. The summed E-state index contributed by atoms with van der Waals surface area (Å²) in [5.74, 6) is -1.28. The molecule has 0 radical (unpaired) electrons. The van der Waals surface area contributed by atoms with Crippen molar-refractivity contribution in [2.45, 2.75) is 43.4 Å². The van der Waals surface area contributed by atoms with Gasteiger partial charge in [0.05, 0.1) is 25.3 Å². The van der Waals surface area contributed by atoms with Crippen molar-refractivity contribution in [1.82, 2.24) is 9.97 Å². The number of sulfone groups is 1. The monoisotopic (exact) mass is 519 g/mol. The predicted octanol–water partition coefficient (Wildman–Crippen LogP) is 2.45. The van der Waals surface area contributed by atoms with E-state index in [0.29, 0.717) is 19.6 Å². The molecule has 2 unspecified atom stereocenters. The van der Waals surface area contributed by atoms with E-state index in [0.717, 1.165) is 18.9 Å². The lowest BCUT2D eigenvalue weighted by Gasteiger charge is -2.41. The number of ether oxygens (including phenoxy) is 2. The zero-order chi connectivity index (χ0) is 26.1. The summed E-state index contributed by atoms with van der Waals surface area (Å²) in [5, 5.41) is 2.63. The third-order valence-corrected chi connectivity index (χ3v) is 9.65. The van der Waals surface area contributed by atoms with Crippen LogP contribution in [0.2, 0.25) is 0 Å². The lowest BCUT2D eigenvalue weighted by atomic mass is 9.87. The molecule has 1 fully saturated rings. The van der Waals surface area contributed by atoms with E-state index in [-0.39, 0.29) is 34.6 Å². The number of amidine groups is 1. The first-order valence-corrected chi connectivity index (χ1v) is 13.3. The number of carbonyl (C=O) groups excluding carboxylic acids is 1. The zero-order valence-electron chi connectivity index (χ0n) is 20.5. The fraction of sp³-hybridized carbons (Fsp3) is 0.500. The van der Waals surface area contributed by atoms with Crippen molar-refractivity contribution in [2.24, 2.45) is 16.6 Å². The Morgan fingerprint density at radius 2 is 1.97 bits per heavy atom. The summed E-state index contributed by atoms with van der Waals surface area (Å²) < 4.78 is 51.2. The summed E-state index contributed by atoms with van der Waals surface area (Å²) in [4.78, 5) is 25.1. The molecule has 0 spiro atoms. The first-order valence-electron chi connectivity index (χ1n) is 11.6. The van der Waals surface area contributed by atoms with Gasteiger partial charge in [-0.05, 0) is 57.2 Å². The van der Waals surface area contributed by atoms with Gasteiger partial charge in [-0.25, -0.2) is 22.8 Å². The van der Waals surface area contributed by atoms with Gasteiger partial charge in [0.25, 0.3) is 5.91 Å². The van der Waals surface area contributed by atoms with Gasteiger partial charge < -0.3 is 20.5 Å². The second kappa shape index (κ2) is 9.74. The minimum Gasteiger partial charge on any atom is -0.480 e. The maximum absolute atomic E-state index is 15.0. The number of carbonyl (C=O) groups is 1. The molecule has 2 aliphatic rings. The first-order chi connectivity index (χ1) is 17.0. The molecule has 1 amide bonds. The molecular weight excluding hydrogens is 489 g/mol. The number of nitrogens with one attached hydrogen (secondary N) is 1. The van der Waals surface area contributed by atoms with Crippen LogP contribution < -0.4 is 15.8 Å². The number of anilines is 1. The highest BCUT2D eigenvalue weighted by molar-refractivity contribution is 7.93. The fourth-order valence-corrected chi connectivity index (χ4v) is 6.86. The number of nitrogens with two attached hydrogens (primary N) is 1. The van der Waals surface area contributed by atoms with Crippen molar-refractivity contribution in [3.8, 4) is 5.88 Å². The average molecular weight is 520 g/mol. The number of aromatic nitrogens is 2. The van der Waals surface area contributed by atoms with Crippen LogP contribution in [-0.4, -0.2) is 61.0 Å². The maximum Gasteiger partial charge on any atom is 0.275 e. The topological polar surface area (TPSA) is 146 Å². The standard InChI is InChI=1S/C24H30FN5O5S/c1-23(14-36(32,33)24(2,22(26)30-23)11-15-6-8-35-9-7-15)17-10-16(4-5-18(17)25)29-21(31)19-12-28-20(34-3)13-27-19/h4-5,10,12-13,15H,6-9,11,14H2,1-3H3,(H2,26,30)(H,29,31). The van der Waals surface area contributed by atoms with Crippen LogP contribution in [0.15, 0.2) is 35.6 Å². The van der Waals surface area contributed by atoms with Gasteiger partial charge in [0, 0.05) is 24.5 Å². The summed E-state index contributed by atoms with van der Waals surface area (Å²) >= 11 is 0. The van der Waals surface area contributed by atoms with Crippen LogP contribution in [0, 0.1) is 11.7 Å². The molecule has 2 atom stereocenters. The van der Waals surface area contributed by atoms with E-state index in [9.17, 15) is 13.2 Å². The molecule has 1 aromatic heterocycles. The van der Waals surface area contributed by atoms with E-state index in [1.165, 1.54) is 38.6 Å². The summed E-state index contributed by atoms with van der Waals surface area (Å²) in [6, 6.07) is 3.90. The van der Waals surface area contributed by atoms with E-state index < -0.39 is 37.6 Å². The average Bonchev–Trinajstić information content (AvgIpc) is 2.84. The Hall–Kier alpha value is -3.12. The second-order valence-electron chi connectivity index (χ2n) is 9.61. The SMILES string of the molecule is COc1cnc(C(=O)Nc2ccc(F)c(C3(C)CS(=O)(=O)C(C)(CC4CCOCC4)C(N)=N3)c2)cn1. The number of rotatable bonds is 6. The third kappa shape index (κ3) is 4.92. The van der Waals surface area contributed by atoms with Crippen molar-refractivity contribution in [3.05, 3.63) is 47.7 Å². The zero-order valence-corrected chi connectivity index (χ0v) is 21.3. The number of methoxy groups -OCH3 is 1. The highest BCUT2D eigenvalue weighted by Gasteiger charge is 2.53. The molecule has 4 rings (SSSR count). The van der Waals surface area contributed by atoms with Gasteiger partial charge in [0.2, 0.25) is 5.88 Å². The van der Waals surface area contributed by atoms with Gasteiger partial charge in [-0.2, -0.15) is 0 Å². The normalized spacial score (nSPS) is 26.2. The van der Waals surface area contributed by atoms with E-state index in [4.69, 9.17) is 15.2 Å². The smallest absolute Gasteiger partial charge is 0.275 e. The summed E-state index contributed by atoms with van der Waals surface area (Å²) in [7, 11) is -2.38. The Balaban J connectivity index is 1.62. The van der Waals surface area contributed by atoms with Gasteiger partial charge in [0.15, 0.2) is 9.84 Å². The lowest BCUT2D eigenvalue weighted by molar-refractivity contribution is 0.0625. The molecule has 3 heterocycles. The van der Waals surface area contributed by atoms with Crippen LogP contribution in [0.1, 0.15) is 49.2 Å². The third-order valence-electron chi connectivity index (χ3n) is 6.96. The Labute approximate surface area is 209 Å². The Morgan fingerprint density at radius 3 is 2.58 bits per heavy atom. The van der Waals surface area contributed by atoms with E-state index in [1.807, 2.05) is 0 Å². The Kier molecular flexibility index (Phi) is 7.02. The lowest BCUT2D eigenvalue weighted by Crippen LogP contribution is -2.57. The van der Waals surface area contributed by atoms with Gasteiger partial charge in [-0.3, -0.25) is 9.79 Å². The van der Waals surface area contributed by atoms with Gasteiger partial charge in [-0.1, -0.05) is 0 Å². The number of hydrogen-bond acceptors (Lipinski definition) is 9. The van der Waals surface area contributed by atoms with Crippen LogP contribution in [0.25, 0.3) is 0 Å². The van der Waals surface area contributed by atoms with Crippen molar-refractivity contribution >= 4 is 27.3 Å². The van der Waals surface area contributed by atoms with Gasteiger partial charge in [-0.15, -0.1) is 0 Å². The second-order valence-corrected chi connectivity index (χ2v) is 12.0. The molecule has 2 aliphatic heterocycles. The predicted molar refractivity (Wildman–Crippen MR) is 132 cm³/mol. The highest BCUT2D eigenvalue weighted by atomic mass is 32.2. The largest absolute Gasteiger partial charge is 0.480 e. The molecule has 36 heavy (non-hydrogen) atoms. The highest BCUT2D eigenvalue weighted by Crippen LogP contribution is 2.42. The first kappa shape index (κ1) is 26.0. The maximum atomic E-state index is 15.0. The summed E-state index contributed by atoms with van der Waals surface area (Å²) in [6.45, 7) is 4.30. The Bertz CT molecular complexity index is 1280. The fourth-order valence-electron chi connectivity index (χ4n) is 4.73. The number of hydrogen-bond donors (Lipinski definition) is 2. The molecule has 0 bridgehead atoms. The number of aliphatic imine (C=N–C) groups is 1. The minimum absolute atomic E-state index is 0.0146. The van der Waals surface area contributed by atoms with Crippen LogP contribution in [-0.2, 0) is 20.1 Å². The summed E-state index contributed by atoms with van der Waals surface area (Å²) in [6.07, 6.45) is 4.40. The summed E-state index contributed by atoms with van der Waals surface area (Å²) in [5.41, 5.74) is 5.13. The van der Waals surface area contributed by atoms with Crippen LogP contribution in [0.5, 0.6) is 5.88 Å². The number of amides is 1. The van der Waals surface area contributed by atoms with E-state index >= 15 is 4.39 Å². The number of halogens is 1. The molecule has 1 aromatic carbocycles. The van der Waals surface area contributed by atoms with Crippen molar-refractivity contribution in [2.75, 3.05) is 31.4 Å². The molecule has 0 aliphatic carbocycles. The van der Waals surface area contributed by atoms with Crippen molar-refractivity contribution < 1.29 is 27.1 Å². The van der Waals surface area contributed by atoms with Crippen LogP contribution in [0.4, 0.5) is 10.1 Å². The molecule has 2 aromatic rings. The molecule has 194 valence electrons. The Morgan fingerprint density at radius 1 is 1.25 bits per heavy atom. The van der Waals surface area contributed by atoms with Crippen molar-refractivity contribution in [1.29, 1.82) is 0 Å². The quantitative estimate of drug-likeness (QED) is 0.592. The molecule has 10 nitrogen and oxygen atoms in total. The number of nitrogens with zero attached hydrogens (tertiary/aromatic N) is 3. The van der Waals surface area contributed by atoms with Gasteiger partial charge in [0.1, 0.15) is 27.6 Å². The van der Waals surface area contributed by atoms with Gasteiger partial charge >= 0.3 is 0 Å². The molecule has 0 saturated carbocycles. The minimum atomic E-state index is -3.81. The molecular formula is C24H30FN5O5S. The van der Waals surface area contributed by atoms with E-state index in [1.54, 1.807) is 6.92 Å². The van der Waals surface area contributed by atoms with Crippen molar-refractivity contribution in [3.63, 3.8) is 0 Å².